The van der Waals surface area contributed by atoms with Crippen LogP contribution < -0.4 is 26.2 Å². The fraction of sp³-hybridized carbons (Fsp3) is 0. The predicted octanol–water partition coefficient (Wildman–Crippen LogP) is 8.51. The Hall–Kier alpha value is -6.20. The molecular formula is C42H29BN2O2. The highest BCUT2D eigenvalue weighted by Crippen LogP contribution is 2.46. The smallest absolute Gasteiger partial charge is 0.252 e. The number of benzene rings is 7. The highest BCUT2D eigenvalue weighted by molar-refractivity contribution is 7.00. The van der Waals surface area contributed by atoms with Gasteiger partial charge in [-0.15, -0.1) is 0 Å². The Morgan fingerprint density at radius 2 is 0.830 bits per heavy atom. The van der Waals surface area contributed by atoms with Crippen LogP contribution in [0.3, 0.4) is 0 Å². The van der Waals surface area contributed by atoms with E-state index in [-0.39, 0.29) is 18.2 Å². The maximum Gasteiger partial charge on any atom is 0.252 e. The van der Waals surface area contributed by atoms with Crippen LogP contribution in [0, 0.1) is 0 Å². The molecule has 0 aromatic heterocycles. The monoisotopic (exact) mass is 604 g/mol. The van der Waals surface area contributed by atoms with Crippen molar-refractivity contribution in [3.8, 4) is 33.8 Å². The van der Waals surface area contributed by atoms with Gasteiger partial charge in [-0.1, -0.05) is 91.0 Å². The Labute approximate surface area is 274 Å². The molecule has 0 radical (unpaired) electrons. The first-order valence-electron chi connectivity index (χ1n) is 15.8. The van der Waals surface area contributed by atoms with E-state index in [4.69, 9.17) is 0 Å². The first-order chi connectivity index (χ1) is 23.1. The van der Waals surface area contributed by atoms with Gasteiger partial charge in [0.05, 0.1) is 0 Å². The average molecular weight is 605 g/mol. The first-order valence-corrected chi connectivity index (χ1v) is 15.8. The minimum atomic E-state index is -0.0166. The summed E-state index contributed by atoms with van der Waals surface area (Å²) in [5, 5.41) is 20.1. The molecular weight excluding hydrogens is 575 g/mol. The average Bonchev–Trinajstić information content (AvgIpc) is 3.12. The Morgan fingerprint density at radius 1 is 0.362 bits per heavy atom. The standard InChI is InChI=1S/C42H29BN2O2/c46-34-20-15-28(16-21-34)30-19-24-39-37(25-30)43-36-13-7-8-14-38(36)44(32-9-3-1-4-10-32)40-26-31(29-17-22-35(47)23-18-29)27-41(42(40)43)45(39)33-11-5-2-6-12-33/h1-27,46-47H. The number of rotatable bonds is 4. The SMILES string of the molecule is Oc1ccc(-c2ccc3c(c2)B2c4ccccc4N(c4ccccc4)c4cc(-c5ccc(O)cc5)cc(c42)N3c2ccccc2)cc1. The number of fused-ring (bicyclic) bond motifs is 4. The molecule has 47 heavy (non-hydrogen) atoms. The third-order valence-corrected chi connectivity index (χ3v) is 9.40. The summed E-state index contributed by atoms with van der Waals surface area (Å²) in [6.07, 6.45) is 0. The van der Waals surface area contributed by atoms with E-state index in [1.165, 1.54) is 16.4 Å². The fourth-order valence-electron chi connectivity index (χ4n) is 7.32. The van der Waals surface area contributed by atoms with Gasteiger partial charge in [0.25, 0.3) is 6.71 Å². The number of hydrogen-bond acceptors (Lipinski definition) is 4. The van der Waals surface area contributed by atoms with E-state index in [1.54, 1.807) is 24.3 Å². The maximum absolute atomic E-state index is 10.1. The van der Waals surface area contributed by atoms with Crippen molar-refractivity contribution in [2.75, 3.05) is 9.80 Å². The number of phenolic OH excluding ortho intramolecular Hbond substituents is 2. The van der Waals surface area contributed by atoms with Crippen LogP contribution in [0.1, 0.15) is 0 Å². The van der Waals surface area contributed by atoms with Gasteiger partial charge in [-0.3, -0.25) is 0 Å². The van der Waals surface area contributed by atoms with Gasteiger partial charge in [-0.2, -0.15) is 0 Å². The number of anilines is 6. The molecule has 7 aromatic carbocycles. The summed E-state index contributed by atoms with van der Waals surface area (Å²) in [4.78, 5) is 4.79. The summed E-state index contributed by atoms with van der Waals surface area (Å²) in [6, 6.07) is 56.2. The van der Waals surface area contributed by atoms with Gasteiger partial charge in [0.2, 0.25) is 0 Å². The van der Waals surface area contributed by atoms with Crippen LogP contribution in [-0.2, 0) is 0 Å². The maximum atomic E-state index is 10.1. The van der Waals surface area contributed by atoms with Crippen LogP contribution in [0.4, 0.5) is 34.1 Å². The van der Waals surface area contributed by atoms with Crippen molar-refractivity contribution in [1.82, 2.24) is 0 Å². The zero-order chi connectivity index (χ0) is 31.5. The molecule has 0 amide bonds. The minimum Gasteiger partial charge on any atom is -0.508 e. The van der Waals surface area contributed by atoms with Crippen LogP contribution in [0.25, 0.3) is 22.3 Å². The summed E-state index contributed by atoms with van der Waals surface area (Å²) in [7, 11) is 0. The Bertz CT molecular complexity index is 2250. The van der Waals surface area contributed by atoms with Gasteiger partial charge in [0.15, 0.2) is 0 Å². The lowest BCUT2D eigenvalue weighted by Crippen LogP contribution is -2.61. The molecule has 4 nitrogen and oxygen atoms in total. The van der Waals surface area contributed by atoms with Crippen LogP contribution in [0.5, 0.6) is 11.5 Å². The molecule has 2 heterocycles. The molecule has 5 heteroatoms. The third-order valence-electron chi connectivity index (χ3n) is 9.40. The van der Waals surface area contributed by atoms with E-state index >= 15 is 0 Å². The fourth-order valence-corrected chi connectivity index (χ4v) is 7.32. The number of nitrogens with zero attached hydrogens (tertiary/aromatic N) is 2. The van der Waals surface area contributed by atoms with Gasteiger partial charge >= 0.3 is 0 Å². The molecule has 0 unspecified atom stereocenters. The highest BCUT2D eigenvalue weighted by Gasteiger charge is 2.43. The molecule has 9 rings (SSSR count). The van der Waals surface area contributed by atoms with Crippen molar-refractivity contribution >= 4 is 57.2 Å². The molecule has 0 aliphatic carbocycles. The lowest BCUT2D eigenvalue weighted by atomic mass is 9.33. The van der Waals surface area contributed by atoms with E-state index in [2.05, 4.69) is 125 Å². The molecule has 2 aliphatic heterocycles. The van der Waals surface area contributed by atoms with Crippen LogP contribution in [0.15, 0.2) is 164 Å². The summed E-state index contributed by atoms with van der Waals surface area (Å²) < 4.78 is 0. The van der Waals surface area contributed by atoms with E-state index in [9.17, 15) is 10.2 Å². The molecule has 2 aliphatic rings. The van der Waals surface area contributed by atoms with Crippen molar-refractivity contribution in [2.24, 2.45) is 0 Å². The lowest BCUT2D eigenvalue weighted by Gasteiger charge is -2.44. The topological polar surface area (TPSA) is 46.9 Å². The highest BCUT2D eigenvalue weighted by atomic mass is 16.3. The van der Waals surface area contributed by atoms with Crippen molar-refractivity contribution < 1.29 is 10.2 Å². The first kappa shape index (κ1) is 27.1. The van der Waals surface area contributed by atoms with E-state index < -0.39 is 0 Å². The second-order valence-electron chi connectivity index (χ2n) is 12.1. The Kier molecular flexibility index (Phi) is 6.19. The predicted molar refractivity (Wildman–Crippen MR) is 195 cm³/mol. The molecule has 0 saturated heterocycles. The minimum absolute atomic E-state index is 0.0166. The number of aromatic hydroxyl groups is 2. The summed E-state index contributed by atoms with van der Waals surface area (Å²) in [6.45, 7) is -0.0166. The van der Waals surface area contributed by atoms with Gasteiger partial charge in [0.1, 0.15) is 11.5 Å². The van der Waals surface area contributed by atoms with E-state index in [0.29, 0.717) is 0 Å². The zero-order valence-corrected chi connectivity index (χ0v) is 25.5. The van der Waals surface area contributed by atoms with Crippen molar-refractivity contribution in [2.45, 2.75) is 0 Å². The lowest BCUT2D eigenvalue weighted by molar-refractivity contribution is 0.475. The number of hydrogen-bond donors (Lipinski definition) is 2. The normalized spacial score (nSPS) is 12.7. The molecule has 222 valence electrons. The van der Waals surface area contributed by atoms with Gasteiger partial charge in [-0.05, 0) is 111 Å². The van der Waals surface area contributed by atoms with Crippen LogP contribution >= 0.6 is 0 Å². The van der Waals surface area contributed by atoms with Gasteiger partial charge in [0, 0.05) is 34.1 Å². The molecule has 0 fully saturated rings. The van der Waals surface area contributed by atoms with Crippen LogP contribution in [0.2, 0.25) is 0 Å². The quantitative estimate of drug-likeness (QED) is 0.198. The van der Waals surface area contributed by atoms with Gasteiger partial charge in [-0.25, -0.2) is 0 Å². The number of para-hydroxylation sites is 3. The van der Waals surface area contributed by atoms with E-state index in [0.717, 1.165) is 56.4 Å². The van der Waals surface area contributed by atoms with E-state index in [1.807, 2.05) is 24.3 Å². The zero-order valence-electron chi connectivity index (χ0n) is 25.5. The molecule has 0 spiro atoms. The largest absolute Gasteiger partial charge is 0.508 e. The van der Waals surface area contributed by atoms with Crippen molar-refractivity contribution in [3.05, 3.63) is 164 Å². The molecule has 2 N–H and O–H groups in total. The summed E-state index contributed by atoms with van der Waals surface area (Å²) in [5.41, 5.74) is 14.7. The second kappa shape index (κ2) is 10.7. The third kappa shape index (κ3) is 4.39. The molecule has 7 aromatic rings. The Balaban J connectivity index is 1.39. The van der Waals surface area contributed by atoms with Gasteiger partial charge < -0.3 is 20.0 Å². The molecule has 0 bridgehead atoms. The van der Waals surface area contributed by atoms with Crippen molar-refractivity contribution in [3.63, 3.8) is 0 Å². The van der Waals surface area contributed by atoms with Crippen LogP contribution in [-0.4, -0.2) is 16.9 Å². The molecule has 0 atom stereocenters. The summed E-state index contributed by atoms with van der Waals surface area (Å²) >= 11 is 0. The second-order valence-corrected chi connectivity index (χ2v) is 12.1. The summed E-state index contributed by atoms with van der Waals surface area (Å²) in [5.74, 6) is 0.504. The van der Waals surface area contributed by atoms with Crippen molar-refractivity contribution in [1.29, 1.82) is 0 Å². The Morgan fingerprint density at radius 3 is 1.40 bits per heavy atom. The molecule has 0 saturated carbocycles. The number of phenols is 2.